The van der Waals surface area contributed by atoms with Crippen LogP contribution < -0.4 is 4.74 Å². The van der Waals surface area contributed by atoms with Gasteiger partial charge in [0, 0.05) is 23.3 Å². The Morgan fingerprint density at radius 1 is 0.966 bits per heavy atom. The highest BCUT2D eigenvalue weighted by Gasteiger charge is 2.14. The summed E-state index contributed by atoms with van der Waals surface area (Å²) in [6, 6.07) is 23.4. The Labute approximate surface area is 166 Å². The van der Waals surface area contributed by atoms with Crippen molar-refractivity contribution in [3.05, 3.63) is 94.5 Å². The number of nitro benzene ring substituents is 1. The fourth-order valence-corrected chi connectivity index (χ4v) is 2.89. The van der Waals surface area contributed by atoms with Crippen LogP contribution in [0.4, 0.5) is 5.69 Å². The molecule has 0 amide bonds. The normalized spacial score (nSPS) is 11.8. The molecular formula is C22H17N3O4. The molecule has 29 heavy (non-hydrogen) atoms. The van der Waals surface area contributed by atoms with Crippen molar-refractivity contribution in [2.45, 2.75) is 13.0 Å². The SMILES string of the molecule is C[C@@H](Oc1ccc(-c2noc(-c3cccc([N+](=O)[O-])c3)n2)cc1)c1ccccc1. The van der Waals surface area contributed by atoms with Crippen LogP contribution in [0.1, 0.15) is 18.6 Å². The largest absolute Gasteiger partial charge is 0.486 e. The summed E-state index contributed by atoms with van der Waals surface area (Å²) in [5, 5.41) is 14.9. The molecule has 1 aromatic heterocycles. The number of ether oxygens (including phenoxy) is 1. The quantitative estimate of drug-likeness (QED) is 0.323. The van der Waals surface area contributed by atoms with Crippen molar-refractivity contribution in [3.63, 3.8) is 0 Å². The highest BCUT2D eigenvalue weighted by molar-refractivity contribution is 5.62. The molecule has 4 aromatic rings. The Hall–Kier alpha value is -4.00. The Morgan fingerprint density at radius 2 is 1.72 bits per heavy atom. The summed E-state index contributed by atoms with van der Waals surface area (Å²) in [4.78, 5) is 14.8. The van der Waals surface area contributed by atoms with Crippen LogP contribution in [0.3, 0.4) is 0 Å². The third-order valence-electron chi connectivity index (χ3n) is 4.42. The van der Waals surface area contributed by atoms with Crippen LogP contribution in [0.2, 0.25) is 0 Å². The first-order valence-electron chi connectivity index (χ1n) is 9.01. The Balaban J connectivity index is 1.50. The second-order valence-corrected chi connectivity index (χ2v) is 6.43. The maximum Gasteiger partial charge on any atom is 0.270 e. The third-order valence-corrected chi connectivity index (χ3v) is 4.42. The van der Waals surface area contributed by atoms with E-state index < -0.39 is 4.92 Å². The van der Waals surface area contributed by atoms with E-state index in [-0.39, 0.29) is 17.7 Å². The van der Waals surface area contributed by atoms with Crippen LogP contribution in [0.15, 0.2) is 83.4 Å². The molecule has 1 atom stereocenters. The first kappa shape index (κ1) is 18.4. The van der Waals surface area contributed by atoms with Gasteiger partial charge in [-0.2, -0.15) is 4.98 Å². The molecule has 1 heterocycles. The Kier molecular flexibility index (Phi) is 5.03. The molecule has 0 aliphatic carbocycles. The first-order valence-corrected chi connectivity index (χ1v) is 9.01. The molecule has 144 valence electrons. The van der Waals surface area contributed by atoms with E-state index in [0.717, 1.165) is 16.9 Å². The maximum atomic E-state index is 10.9. The molecule has 0 saturated carbocycles. The zero-order chi connectivity index (χ0) is 20.2. The molecule has 0 aliphatic heterocycles. The van der Waals surface area contributed by atoms with Gasteiger partial charge < -0.3 is 9.26 Å². The van der Waals surface area contributed by atoms with Gasteiger partial charge in [0.2, 0.25) is 5.82 Å². The molecule has 4 rings (SSSR count). The van der Waals surface area contributed by atoms with Crippen LogP contribution in [0.25, 0.3) is 22.8 Å². The number of rotatable bonds is 6. The molecule has 0 fully saturated rings. The number of non-ortho nitro benzene ring substituents is 1. The molecule has 3 aromatic carbocycles. The zero-order valence-electron chi connectivity index (χ0n) is 15.6. The summed E-state index contributed by atoms with van der Waals surface area (Å²) >= 11 is 0. The lowest BCUT2D eigenvalue weighted by Gasteiger charge is -2.15. The van der Waals surface area contributed by atoms with E-state index >= 15 is 0 Å². The predicted molar refractivity (Wildman–Crippen MR) is 107 cm³/mol. The predicted octanol–water partition coefficient (Wildman–Crippen LogP) is 5.45. The van der Waals surface area contributed by atoms with Gasteiger partial charge in [-0.3, -0.25) is 10.1 Å². The fourth-order valence-electron chi connectivity index (χ4n) is 2.89. The minimum absolute atomic E-state index is 0.0312. The van der Waals surface area contributed by atoms with Crippen LogP contribution in [-0.2, 0) is 0 Å². The van der Waals surface area contributed by atoms with Crippen LogP contribution in [-0.4, -0.2) is 15.1 Å². The second kappa shape index (κ2) is 7.93. The van der Waals surface area contributed by atoms with Crippen LogP contribution in [0.5, 0.6) is 5.75 Å². The minimum Gasteiger partial charge on any atom is -0.486 e. The summed E-state index contributed by atoms with van der Waals surface area (Å²) in [5.41, 5.74) is 2.31. The van der Waals surface area contributed by atoms with E-state index in [4.69, 9.17) is 9.26 Å². The topological polar surface area (TPSA) is 91.3 Å². The Bertz CT molecular complexity index is 1120. The van der Waals surface area contributed by atoms with Crippen molar-refractivity contribution >= 4 is 5.69 Å². The van der Waals surface area contributed by atoms with Gasteiger partial charge >= 0.3 is 0 Å². The van der Waals surface area contributed by atoms with Gasteiger partial charge in [0.05, 0.1) is 4.92 Å². The number of aromatic nitrogens is 2. The average molecular weight is 387 g/mol. The van der Waals surface area contributed by atoms with E-state index in [2.05, 4.69) is 10.1 Å². The minimum atomic E-state index is -0.462. The van der Waals surface area contributed by atoms with Gasteiger partial charge in [-0.1, -0.05) is 41.6 Å². The van der Waals surface area contributed by atoms with Gasteiger partial charge in [0.25, 0.3) is 11.6 Å². The van der Waals surface area contributed by atoms with Crippen molar-refractivity contribution in [1.29, 1.82) is 0 Å². The number of hydrogen-bond donors (Lipinski definition) is 0. The summed E-state index contributed by atoms with van der Waals surface area (Å²) < 4.78 is 11.3. The summed E-state index contributed by atoms with van der Waals surface area (Å²) in [6.45, 7) is 1.99. The van der Waals surface area contributed by atoms with E-state index in [0.29, 0.717) is 11.4 Å². The molecule has 0 bridgehead atoms. The summed E-state index contributed by atoms with van der Waals surface area (Å²) in [6.07, 6.45) is -0.0762. The summed E-state index contributed by atoms with van der Waals surface area (Å²) in [7, 11) is 0. The van der Waals surface area contributed by atoms with E-state index in [1.54, 1.807) is 12.1 Å². The molecule has 7 nitrogen and oxygen atoms in total. The first-order chi connectivity index (χ1) is 14.1. The van der Waals surface area contributed by atoms with Crippen molar-refractivity contribution in [2.24, 2.45) is 0 Å². The van der Waals surface area contributed by atoms with Crippen molar-refractivity contribution in [2.75, 3.05) is 0 Å². The van der Waals surface area contributed by atoms with Gasteiger partial charge in [0.15, 0.2) is 0 Å². The molecule has 0 saturated heterocycles. The maximum absolute atomic E-state index is 10.9. The van der Waals surface area contributed by atoms with Crippen molar-refractivity contribution in [1.82, 2.24) is 10.1 Å². The average Bonchev–Trinajstić information content (AvgIpc) is 3.25. The third kappa shape index (κ3) is 4.14. The van der Waals surface area contributed by atoms with Crippen LogP contribution >= 0.6 is 0 Å². The zero-order valence-corrected chi connectivity index (χ0v) is 15.6. The van der Waals surface area contributed by atoms with Crippen molar-refractivity contribution in [3.8, 4) is 28.6 Å². The van der Waals surface area contributed by atoms with E-state index in [1.165, 1.54) is 12.1 Å². The smallest absolute Gasteiger partial charge is 0.270 e. The molecule has 7 heteroatoms. The van der Waals surface area contributed by atoms with Gasteiger partial charge in [-0.15, -0.1) is 0 Å². The van der Waals surface area contributed by atoms with E-state index in [1.807, 2.05) is 61.5 Å². The lowest BCUT2D eigenvalue weighted by Crippen LogP contribution is -2.02. The fraction of sp³-hybridized carbons (Fsp3) is 0.0909. The molecule has 0 N–H and O–H groups in total. The van der Waals surface area contributed by atoms with Crippen LogP contribution in [0, 0.1) is 10.1 Å². The monoisotopic (exact) mass is 387 g/mol. The van der Waals surface area contributed by atoms with E-state index in [9.17, 15) is 10.1 Å². The van der Waals surface area contributed by atoms with Gasteiger partial charge in [0.1, 0.15) is 11.9 Å². The lowest BCUT2D eigenvalue weighted by molar-refractivity contribution is -0.384. The highest BCUT2D eigenvalue weighted by atomic mass is 16.6. The number of benzene rings is 3. The second-order valence-electron chi connectivity index (χ2n) is 6.43. The molecule has 0 radical (unpaired) electrons. The number of hydrogen-bond acceptors (Lipinski definition) is 6. The molecular weight excluding hydrogens is 370 g/mol. The molecule has 0 spiro atoms. The van der Waals surface area contributed by atoms with Gasteiger partial charge in [-0.25, -0.2) is 0 Å². The standard InChI is InChI=1S/C22H17N3O4/c1-15(16-6-3-2-4-7-16)28-20-12-10-17(11-13-20)21-23-22(29-24-21)18-8-5-9-19(14-18)25(26)27/h2-15H,1H3/t15-/m1/s1. The molecule has 0 aliphatic rings. The highest BCUT2D eigenvalue weighted by Crippen LogP contribution is 2.27. The van der Waals surface area contributed by atoms with Crippen molar-refractivity contribution < 1.29 is 14.2 Å². The number of nitro groups is 1. The number of nitrogens with zero attached hydrogens (tertiary/aromatic N) is 3. The Morgan fingerprint density at radius 3 is 2.45 bits per heavy atom. The summed E-state index contributed by atoms with van der Waals surface area (Å²) in [5.74, 6) is 1.35. The lowest BCUT2D eigenvalue weighted by atomic mass is 10.1. The van der Waals surface area contributed by atoms with Gasteiger partial charge in [-0.05, 0) is 42.8 Å². The molecule has 0 unspecified atom stereocenters.